The minimum absolute atomic E-state index is 0.0146. The average Bonchev–Trinajstić information content (AvgIpc) is 2.65. The van der Waals surface area contributed by atoms with Crippen LogP contribution in [0.2, 0.25) is 0 Å². The van der Waals surface area contributed by atoms with Gasteiger partial charge in [0, 0.05) is 19.2 Å². The van der Waals surface area contributed by atoms with Gasteiger partial charge in [0.05, 0.1) is 27.3 Å². The van der Waals surface area contributed by atoms with Crippen molar-refractivity contribution < 1.29 is 9.72 Å². The smallest absolute Gasteiger partial charge is 0.271 e. The SMILES string of the molecule is Cc1ccc([N+](=O)[O-])cc1NC(=O)CSc1nc2ccccc2c(=O)n1C. The molecule has 8 nitrogen and oxygen atoms in total. The highest BCUT2D eigenvalue weighted by molar-refractivity contribution is 7.99. The Labute approximate surface area is 158 Å². The molecule has 0 aliphatic heterocycles. The van der Waals surface area contributed by atoms with Gasteiger partial charge in [-0.1, -0.05) is 30.0 Å². The fraction of sp³-hybridized carbons (Fsp3) is 0.167. The molecule has 0 aliphatic carbocycles. The monoisotopic (exact) mass is 384 g/mol. The van der Waals surface area contributed by atoms with Gasteiger partial charge in [0.1, 0.15) is 0 Å². The molecule has 0 atom stereocenters. The zero-order chi connectivity index (χ0) is 19.6. The molecule has 0 radical (unpaired) electrons. The number of aryl methyl sites for hydroxylation is 1. The fourth-order valence-corrected chi connectivity index (χ4v) is 3.27. The van der Waals surface area contributed by atoms with Gasteiger partial charge in [0.15, 0.2) is 5.16 Å². The lowest BCUT2D eigenvalue weighted by atomic mass is 10.2. The van der Waals surface area contributed by atoms with Crippen molar-refractivity contribution in [3.05, 3.63) is 68.5 Å². The van der Waals surface area contributed by atoms with Gasteiger partial charge >= 0.3 is 0 Å². The number of carbonyl (C=O) groups excluding carboxylic acids is 1. The summed E-state index contributed by atoms with van der Waals surface area (Å²) in [6, 6.07) is 11.3. The number of nitrogens with zero attached hydrogens (tertiary/aromatic N) is 3. The third-order valence-corrected chi connectivity index (χ3v) is 5.01. The van der Waals surface area contributed by atoms with Crippen LogP contribution in [-0.2, 0) is 11.8 Å². The van der Waals surface area contributed by atoms with Crippen LogP contribution in [0.25, 0.3) is 10.9 Å². The molecule has 3 aromatic rings. The minimum atomic E-state index is -0.515. The van der Waals surface area contributed by atoms with E-state index in [1.165, 1.54) is 16.7 Å². The van der Waals surface area contributed by atoms with Gasteiger partial charge in [-0.15, -0.1) is 0 Å². The number of hydrogen-bond donors (Lipinski definition) is 1. The quantitative estimate of drug-likeness (QED) is 0.314. The number of rotatable bonds is 5. The van der Waals surface area contributed by atoms with E-state index >= 15 is 0 Å². The highest BCUT2D eigenvalue weighted by atomic mass is 32.2. The Bertz CT molecular complexity index is 1110. The Morgan fingerprint density at radius 3 is 2.78 bits per heavy atom. The second-order valence-corrected chi connectivity index (χ2v) is 6.81. The number of hydrogen-bond acceptors (Lipinski definition) is 6. The topological polar surface area (TPSA) is 107 Å². The highest BCUT2D eigenvalue weighted by Crippen LogP contribution is 2.23. The number of thioether (sulfide) groups is 1. The van der Waals surface area contributed by atoms with Crippen molar-refractivity contribution in [2.75, 3.05) is 11.1 Å². The third-order valence-electron chi connectivity index (χ3n) is 3.98. The number of nitro groups is 1. The molecule has 9 heteroatoms. The summed E-state index contributed by atoms with van der Waals surface area (Å²) in [6.07, 6.45) is 0. The number of amides is 1. The lowest BCUT2D eigenvalue weighted by Crippen LogP contribution is -2.21. The van der Waals surface area contributed by atoms with Crippen LogP contribution in [0, 0.1) is 17.0 Å². The summed E-state index contributed by atoms with van der Waals surface area (Å²) in [5.41, 5.74) is 1.39. The van der Waals surface area contributed by atoms with Crippen molar-refractivity contribution in [2.24, 2.45) is 7.05 Å². The number of benzene rings is 2. The number of nitrogens with one attached hydrogen (secondary N) is 1. The summed E-state index contributed by atoms with van der Waals surface area (Å²) in [5, 5.41) is 14.5. The number of non-ortho nitro benzene ring substituents is 1. The van der Waals surface area contributed by atoms with Crippen LogP contribution in [0.15, 0.2) is 52.4 Å². The standard InChI is InChI=1S/C18H16N4O4S/c1-11-7-8-12(22(25)26)9-15(11)19-16(23)10-27-18-20-14-6-4-3-5-13(14)17(24)21(18)2/h3-9H,10H2,1-2H3,(H,19,23). The number of anilines is 1. The molecule has 0 saturated heterocycles. The van der Waals surface area contributed by atoms with Crippen molar-refractivity contribution in [3.8, 4) is 0 Å². The molecule has 0 bridgehead atoms. The van der Waals surface area contributed by atoms with E-state index in [2.05, 4.69) is 10.3 Å². The zero-order valence-corrected chi connectivity index (χ0v) is 15.4. The number of aromatic nitrogens is 2. The molecule has 0 saturated carbocycles. The lowest BCUT2D eigenvalue weighted by molar-refractivity contribution is -0.384. The van der Waals surface area contributed by atoms with Gasteiger partial charge in [-0.2, -0.15) is 0 Å². The summed E-state index contributed by atoms with van der Waals surface area (Å²) in [6.45, 7) is 1.75. The molecular formula is C18H16N4O4S. The van der Waals surface area contributed by atoms with E-state index in [1.54, 1.807) is 44.3 Å². The van der Waals surface area contributed by atoms with E-state index in [0.29, 0.717) is 21.7 Å². The highest BCUT2D eigenvalue weighted by Gasteiger charge is 2.13. The molecule has 0 unspecified atom stereocenters. The summed E-state index contributed by atoms with van der Waals surface area (Å²) >= 11 is 1.13. The second kappa shape index (κ2) is 7.58. The molecule has 0 spiro atoms. The van der Waals surface area contributed by atoms with Crippen molar-refractivity contribution in [1.29, 1.82) is 0 Å². The zero-order valence-electron chi connectivity index (χ0n) is 14.6. The maximum absolute atomic E-state index is 12.4. The van der Waals surface area contributed by atoms with E-state index in [4.69, 9.17) is 0 Å². The minimum Gasteiger partial charge on any atom is -0.325 e. The van der Waals surface area contributed by atoms with E-state index in [-0.39, 0.29) is 22.9 Å². The number of nitro benzene ring substituents is 1. The number of fused-ring (bicyclic) bond motifs is 1. The number of carbonyl (C=O) groups is 1. The molecule has 1 aromatic heterocycles. The average molecular weight is 384 g/mol. The van der Waals surface area contributed by atoms with Crippen LogP contribution in [-0.4, -0.2) is 26.1 Å². The molecular weight excluding hydrogens is 368 g/mol. The molecule has 27 heavy (non-hydrogen) atoms. The van der Waals surface area contributed by atoms with E-state index in [1.807, 2.05) is 0 Å². The summed E-state index contributed by atoms with van der Waals surface area (Å²) in [7, 11) is 1.60. The van der Waals surface area contributed by atoms with Crippen LogP contribution < -0.4 is 10.9 Å². The van der Waals surface area contributed by atoms with Gasteiger partial charge in [0.25, 0.3) is 11.2 Å². The van der Waals surface area contributed by atoms with Crippen molar-refractivity contribution in [3.63, 3.8) is 0 Å². The molecule has 1 N–H and O–H groups in total. The summed E-state index contributed by atoms with van der Waals surface area (Å²) in [4.78, 5) is 39.4. The van der Waals surface area contributed by atoms with Crippen LogP contribution in [0.1, 0.15) is 5.56 Å². The summed E-state index contributed by atoms with van der Waals surface area (Å²) in [5.74, 6) is -0.327. The first-order valence-corrected chi connectivity index (χ1v) is 8.99. The Morgan fingerprint density at radius 1 is 1.30 bits per heavy atom. The Kier molecular flexibility index (Phi) is 5.22. The predicted octanol–water partition coefficient (Wildman–Crippen LogP) is 2.88. The van der Waals surface area contributed by atoms with Crippen molar-refractivity contribution >= 4 is 39.9 Å². The van der Waals surface area contributed by atoms with Crippen LogP contribution in [0.4, 0.5) is 11.4 Å². The first kappa shape index (κ1) is 18.6. The van der Waals surface area contributed by atoms with E-state index in [9.17, 15) is 19.7 Å². The Balaban J connectivity index is 1.76. The molecule has 0 aliphatic rings. The Morgan fingerprint density at radius 2 is 2.04 bits per heavy atom. The van der Waals surface area contributed by atoms with E-state index < -0.39 is 4.92 Å². The maximum atomic E-state index is 12.4. The maximum Gasteiger partial charge on any atom is 0.271 e. The van der Waals surface area contributed by atoms with Crippen LogP contribution >= 0.6 is 11.8 Å². The van der Waals surface area contributed by atoms with Gasteiger partial charge < -0.3 is 5.32 Å². The second-order valence-electron chi connectivity index (χ2n) is 5.87. The normalized spacial score (nSPS) is 10.7. The van der Waals surface area contributed by atoms with E-state index in [0.717, 1.165) is 17.3 Å². The predicted molar refractivity (Wildman–Crippen MR) is 104 cm³/mol. The number of para-hydroxylation sites is 1. The molecule has 1 amide bonds. The fourth-order valence-electron chi connectivity index (χ4n) is 2.50. The molecule has 0 fully saturated rings. The van der Waals surface area contributed by atoms with Gasteiger partial charge in [0.2, 0.25) is 5.91 Å². The molecule has 138 valence electrons. The molecule has 1 heterocycles. The van der Waals surface area contributed by atoms with Crippen LogP contribution in [0.3, 0.4) is 0 Å². The van der Waals surface area contributed by atoms with Gasteiger partial charge in [-0.25, -0.2) is 4.98 Å². The molecule has 3 rings (SSSR count). The van der Waals surface area contributed by atoms with Crippen molar-refractivity contribution in [2.45, 2.75) is 12.1 Å². The third kappa shape index (κ3) is 3.98. The van der Waals surface area contributed by atoms with Gasteiger partial charge in [-0.3, -0.25) is 24.3 Å². The first-order valence-electron chi connectivity index (χ1n) is 8.00. The Hall–Kier alpha value is -3.20. The lowest BCUT2D eigenvalue weighted by Gasteiger charge is -2.10. The van der Waals surface area contributed by atoms with Crippen molar-refractivity contribution in [1.82, 2.24) is 9.55 Å². The summed E-state index contributed by atoms with van der Waals surface area (Å²) < 4.78 is 1.40. The van der Waals surface area contributed by atoms with Gasteiger partial charge in [-0.05, 0) is 24.6 Å². The molecule has 2 aromatic carbocycles. The van der Waals surface area contributed by atoms with Crippen LogP contribution in [0.5, 0.6) is 0 Å². The first-order chi connectivity index (χ1) is 12.9. The largest absolute Gasteiger partial charge is 0.325 e.